The van der Waals surface area contributed by atoms with Crippen molar-refractivity contribution >= 4 is 0 Å². The highest BCUT2D eigenvalue weighted by atomic mass is 15.0. The van der Waals surface area contributed by atoms with Gasteiger partial charge in [-0.25, -0.2) is 0 Å². The second-order valence-corrected chi connectivity index (χ2v) is 5.62. The Balaban J connectivity index is 1.65. The number of hydrogen-bond donors (Lipinski definition) is 2. The molecule has 0 aliphatic carbocycles. The minimum atomic E-state index is 0.616. The van der Waals surface area contributed by atoms with Gasteiger partial charge in [0, 0.05) is 12.1 Å². The second kappa shape index (κ2) is 6.91. The molecular weight excluding hydrogens is 220 g/mol. The maximum atomic E-state index is 3.64. The van der Waals surface area contributed by atoms with Gasteiger partial charge in [0.2, 0.25) is 0 Å². The summed E-state index contributed by atoms with van der Waals surface area (Å²) in [5.41, 5.74) is 2.80. The molecule has 1 aliphatic heterocycles. The van der Waals surface area contributed by atoms with E-state index < -0.39 is 0 Å². The Labute approximate surface area is 111 Å². The third-order valence-electron chi connectivity index (χ3n) is 3.79. The molecule has 0 bridgehead atoms. The zero-order chi connectivity index (χ0) is 12.8. The van der Waals surface area contributed by atoms with E-state index in [1.54, 1.807) is 0 Å². The average Bonchev–Trinajstić information content (AvgIpc) is 2.82. The molecule has 1 aliphatic rings. The van der Waals surface area contributed by atoms with Crippen LogP contribution >= 0.6 is 0 Å². The van der Waals surface area contributed by atoms with E-state index in [2.05, 4.69) is 48.7 Å². The third kappa shape index (κ3) is 4.43. The Morgan fingerprint density at radius 3 is 3.06 bits per heavy atom. The van der Waals surface area contributed by atoms with E-state index in [0.717, 1.165) is 19.0 Å². The van der Waals surface area contributed by atoms with Gasteiger partial charge in [-0.3, -0.25) is 0 Å². The van der Waals surface area contributed by atoms with E-state index in [0.29, 0.717) is 6.04 Å². The quantitative estimate of drug-likeness (QED) is 0.806. The summed E-state index contributed by atoms with van der Waals surface area (Å²) in [7, 11) is 0. The topological polar surface area (TPSA) is 24.1 Å². The van der Waals surface area contributed by atoms with Crippen molar-refractivity contribution in [2.24, 2.45) is 0 Å². The molecule has 2 heteroatoms. The standard InChI is InChI=1S/C16H26N2/c1-13-5-3-6-15(11-13)8-10-17-14(2)12-16-7-4-9-18-16/h3,5-6,11,14,16-18H,4,7-10,12H2,1-2H3. The first kappa shape index (κ1) is 13.6. The maximum Gasteiger partial charge on any atom is 0.00822 e. The molecule has 18 heavy (non-hydrogen) atoms. The van der Waals surface area contributed by atoms with Gasteiger partial charge < -0.3 is 10.6 Å². The van der Waals surface area contributed by atoms with E-state index in [9.17, 15) is 0 Å². The molecule has 0 spiro atoms. The van der Waals surface area contributed by atoms with Gasteiger partial charge in [-0.1, -0.05) is 29.8 Å². The van der Waals surface area contributed by atoms with Gasteiger partial charge in [0.15, 0.2) is 0 Å². The fourth-order valence-electron chi connectivity index (χ4n) is 2.80. The van der Waals surface area contributed by atoms with E-state index in [1.165, 1.54) is 36.9 Å². The molecule has 1 aromatic carbocycles. The summed E-state index contributed by atoms with van der Waals surface area (Å²) in [4.78, 5) is 0. The molecule has 0 radical (unpaired) electrons. The van der Waals surface area contributed by atoms with Gasteiger partial charge in [0.25, 0.3) is 0 Å². The number of benzene rings is 1. The lowest BCUT2D eigenvalue weighted by Gasteiger charge is -2.18. The van der Waals surface area contributed by atoms with Crippen LogP contribution in [0.4, 0.5) is 0 Å². The van der Waals surface area contributed by atoms with Crippen molar-refractivity contribution < 1.29 is 0 Å². The molecular formula is C16H26N2. The van der Waals surface area contributed by atoms with Crippen LogP contribution in [0.1, 0.15) is 37.3 Å². The highest BCUT2D eigenvalue weighted by Gasteiger charge is 2.16. The molecule has 2 atom stereocenters. The molecule has 2 nitrogen and oxygen atoms in total. The lowest BCUT2D eigenvalue weighted by Crippen LogP contribution is -2.34. The highest BCUT2D eigenvalue weighted by Crippen LogP contribution is 2.11. The summed E-state index contributed by atoms with van der Waals surface area (Å²) in [5, 5.41) is 7.20. The second-order valence-electron chi connectivity index (χ2n) is 5.62. The van der Waals surface area contributed by atoms with Crippen molar-refractivity contribution in [3.05, 3.63) is 35.4 Å². The predicted molar refractivity (Wildman–Crippen MR) is 78.0 cm³/mol. The van der Waals surface area contributed by atoms with Gasteiger partial charge in [0.05, 0.1) is 0 Å². The van der Waals surface area contributed by atoms with Crippen LogP contribution in [0.15, 0.2) is 24.3 Å². The van der Waals surface area contributed by atoms with Crippen LogP contribution in [0.5, 0.6) is 0 Å². The van der Waals surface area contributed by atoms with Crippen LogP contribution in [0.25, 0.3) is 0 Å². The van der Waals surface area contributed by atoms with E-state index >= 15 is 0 Å². The lowest BCUT2D eigenvalue weighted by atomic mass is 10.1. The Kier molecular flexibility index (Phi) is 5.21. The molecule has 100 valence electrons. The van der Waals surface area contributed by atoms with E-state index in [4.69, 9.17) is 0 Å². The highest BCUT2D eigenvalue weighted by molar-refractivity contribution is 5.22. The van der Waals surface area contributed by atoms with Crippen molar-refractivity contribution in [1.82, 2.24) is 10.6 Å². The molecule has 1 heterocycles. The van der Waals surface area contributed by atoms with Crippen LogP contribution in [0, 0.1) is 6.92 Å². The van der Waals surface area contributed by atoms with Gasteiger partial charge in [0.1, 0.15) is 0 Å². The molecule has 0 amide bonds. The number of aryl methyl sites for hydroxylation is 1. The molecule has 2 N–H and O–H groups in total. The SMILES string of the molecule is Cc1cccc(CCNC(C)CC2CCCN2)c1. The first-order valence-corrected chi connectivity index (χ1v) is 7.26. The first-order valence-electron chi connectivity index (χ1n) is 7.26. The largest absolute Gasteiger partial charge is 0.314 e. The molecule has 1 aromatic rings. The van der Waals surface area contributed by atoms with Crippen LogP contribution in [-0.2, 0) is 6.42 Å². The van der Waals surface area contributed by atoms with Crippen molar-refractivity contribution in [1.29, 1.82) is 0 Å². The van der Waals surface area contributed by atoms with Crippen molar-refractivity contribution in [3.8, 4) is 0 Å². The van der Waals surface area contributed by atoms with E-state index in [1.807, 2.05) is 0 Å². The number of rotatable bonds is 6. The zero-order valence-corrected chi connectivity index (χ0v) is 11.7. The monoisotopic (exact) mass is 246 g/mol. The summed E-state index contributed by atoms with van der Waals surface area (Å²) < 4.78 is 0. The smallest absolute Gasteiger partial charge is 0.00822 e. The zero-order valence-electron chi connectivity index (χ0n) is 11.7. The van der Waals surface area contributed by atoms with Gasteiger partial charge in [-0.2, -0.15) is 0 Å². The minimum absolute atomic E-state index is 0.616. The lowest BCUT2D eigenvalue weighted by molar-refractivity contribution is 0.443. The first-order chi connectivity index (χ1) is 8.74. The Hall–Kier alpha value is -0.860. The van der Waals surface area contributed by atoms with Crippen molar-refractivity contribution in [3.63, 3.8) is 0 Å². The van der Waals surface area contributed by atoms with E-state index in [-0.39, 0.29) is 0 Å². The minimum Gasteiger partial charge on any atom is -0.314 e. The fourth-order valence-corrected chi connectivity index (χ4v) is 2.80. The molecule has 0 saturated carbocycles. The summed E-state index contributed by atoms with van der Waals surface area (Å²) >= 11 is 0. The average molecular weight is 246 g/mol. The Morgan fingerprint density at radius 2 is 2.33 bits per heavy atom. The molecule has 1 saturated heterocycles. The van der Waals surface area contributed by atoms with Crippen LogP contribution in [0.2, 0.25) is 0 Å². The summed E-state index contributed by atoms with van der Waals surface area (Å²) in [5.74, 6) is 0. The Morgan fingerprint density at radius 1 is 1.44 bits per heavy atom. The molecule has 2 rings (SSSR count). The number of hydrogen-bond acceptors (Lipinski definition) is 2. The fraction of sp³-hybridized carbons (Fsp3) is 0.625. The van der Waals surface area contributed by atoms with Crippen LogP contribution in [-0.4, -0.2) is 25.2 Å². The van der Waals surface area contributed by atoms with Crippen LogP contribution in [0.3, 0.4) is 0 Å². The summed E-state index contributed by atoms with van der Waals surface area (Å²) in [6.07, 6.45) is 5.09. The summed E-state index contributed by atoms with van der Waals surface area (Å²) in [6.45, 7) is 6.75. The van der Waals surface area contributed by atoms with Crippen LogP contribution < -0.4 is 10.6 Å². The molecule has 1 fully saturated rings. The molecule has 0 aromatic heterocycles. The van der Waals surface area contributed by atoms with Gasteiger partial charge in [-0.15, -0.1) is 0 Å². The molecule has 2 unspecified atom stereocenters. The maximum absolute atomic E-state index is 3.64. The normalized spacial score (nSPS) is 21.1. The Bertz CT molecular complexity index is 356. The summed E-state index contributed by atoms with van der Waals surface area (Å²) in [6, 6.07) is 10.2. The van der Waals surface area contributed by atoms with Gasteiger partial charge in [-0.05, 0) is 58.2 Å². The van der Waals surface area contributed by atoms with Crippen molar-refractivity contribution in [2.45, 2.75) is 51.6 Å². The third-order valence-corrected chi connectivity index (χ3v) is 3.79. The van der Waals surface area contributed by atoms with Crippen molar-refractivity contribution in [2.75, 3.05) is 13.1 Å². The van der Waals surface area contributed by atoms with Gasteiger partial charge >= 0.3 is 0 Å². The number of nitrogens with one attached hydrogen (secondary N) is 2. The predicted octanol–water partition coefficient (Wildman–Crippen LogP) is 2.66.